The molecule has 6 heteroatoms. The van der Waals surface area contributed by atoms with E-state index >= 15 is 0 Å². The summed E-state index contributed by atoms with van der Waals surface area (Å²) in [6.45, 7) is 0. The number of aromatic nitrogens is 2. The second kappa shape index (κ2) is 5.87. The van der Waals surface area contributed by atoms with Crippen LogP contribution >= 0.6 is 27.5 Å². The zero-order chi connectivity index (χ0) is 14.8. The molecule has 1 heterocycles. The van der Waals surface area contributed by atoms with E-state index in [-0.39, 0.29) is 0 Å². The summed E-state index contributed by atoms with van der Waals surface area (Å²) in [5, 5.41) is 4.68. The third-order valence-corrected chi connectivity index (χ3v) is 4.06. The van der Waals surface area contributed by atoms with Crippen molar-refractivity contribution in [2.45, 2.75) is 6.42 Å². The van der Waals surface area contributed by atoms with Crippen molar-refractivity contribution in [3.63, 3.8) is 0 Å². The van der Waals surface area contributed by atoms with Crippen LogP contribution < -0.4 is 5.73 Å². The van der Waals surface area contributed by atoms with Crippen molar-refractivity contribution in [3.05, 3.63) is 63.3 Å². The predicted octanol–water partition coefficient (Wildman–Crippen LogP) is 4.33. The molecule has 0 spiro atoms. The van der Waals surface area contributed by atoms with Gasteiger partial charge in [0.25, 0.3) is 5.89 Å². The number of halogens is 2. The first-order valence-electron chi connectivity index (χ1n) is 6.25. The number of hydrogen-bond acceptors (Lipinski definition) is 4. The van der Waals surface area contributed by atoms with Gasteiger partial charge >= 0.3 is 0 Å². The fraction of sp³-hybridized carbons (Fsp3) is 0.0667. The lowest BCUT2D eigenvalue weighted by Crippen LogP contribution is -1.92. The van der Waals surface area contributed by atoms with Gasteiger partial charge in [-0.2, -0.15) is 4.98 Å². The third-order valence-electron chi connectivity index (χ3n) is 3.00. The van der Waals surface area contributed by atoms with Crippen molar-refractivity contribution < 1.29 is 4.52 Å². The lowest BCUT2D eigenvalue weighted by atomic mass is 10.1. The summed E-state index contributed by atoms with van der Waals surface area (Å²) in [7, 11) is 0. The normalized spacial score (nSPS) is 10.8. The minimum Gasteiger partial charge on any atom is -0.399 e. The van der Waals surface area contributed by atoms with Crippen LogP contribution in [0.2, 0.25) is 5.02 Å². The minimum absolute atomic E-state index is 0.427. The maximum absolute atomic E-state index is 6.13. The monoisotopic (exact) mass is 363 g/mol. The average Bonchev–Trinajstić information content (AvgIpc) is 2.92. The largest absolute Gasteiger partial charge is 0.399 e. The van der Waals surface area contributed by atoms with E-state index in [1.54, 1.807) is 12.1 Å². The van der Waals surface area contributed by atoms with E-state index in [9.17, 15) is 0 Å². The van der Waals surface area contributed by atoms with E-state index in [1.807, 2.05) is 30.3 Å². The molecule has 0 amide bonds. The summed E-state index contributed by atoms with van der Waals surface area (Å²) >= 11 is 9.58. The first-order valence-corrected chi connectivity index (χ1v) is 7.42. The van der Waals surface area contributed by atoms with Gasteiger partial charge in [-0.15, -0.1) is 0 Å². The van der Waals surface area contributed by atoms with Gasteiger partial charge in [-0.25, -0.2) is 0 Å². The lowest BCUT2D eigenvalue weighted by molar-refractivity contribution is 0.423. The molecule has 0 aliphatic rings. The predicted molar refractivity (Wildman–Crippen MR) is 86.1 cm³/mol. The summed E-state index contributed by atoms with van der Waals surface area (Å²) < 4.78 is 6.16. The van der Waals surface area contributed by atoms with Crippen LogP contribution in [0, 0.1) is 0 Å². The maximum Gasteiger partial charge on any atom is 0.259 e. The lowest BCUT2D eigenvalue weighted by Gasteiger charge is -2.00. The molecule has 0 bridgehead atoms. The minimum atomic E-state index is 0.427. The van der Waals surface area contributed by atoms with Crippen LogP contribution in [0.25, 0.3) is 11.5 Å². The highest BCUT2D eigenvalue weighted by atomic mass is 79.9. The summed E-state index contributed by atoms with van der Waals surface area (Å²) in [4.78, 5) is 4.40. The van der Waals surface area contributed by atoms with Crippen LogP contribution in [0.1, 0.15) is 11.4 Å². The number of anilines is 1. The number of hydrogen-bond donors (Lipinski definition) is 1. The van der Waals surface area contributed by atoms with E-state index in [2.05, 4.69) is 26.1 Å². The van der Waals surface area contributed by atoms with Gasteiger partial charge < -0.3 is 10.3 Å². The summed E-state index contributed by atoms with van der Waals surface area (Å²) in [5.74, 6) is 1.00. The van der Waals surface area contributed by atoms with Crippen molar-refractivity contribution in [2.24, 2.45) is 0 Å². The molecule has 0 aliphatic heterocycles. The van der Waals surface area contributed by atoms with Gasteiger partial charge in [0.1, 0.15) is 0 Å². The molecule has 0 unspecified atom stereocenters. The molecule has 0 aliphatic carbocycles. The van der Waals surface area contributed by atoms with Crippen LogP contribution in [-0.4, -0.2) is 10.1 Å². The smallest absolute Gasteiger partial charge is 0.259 e. The Bertz CT molecular complexity index is 788. The molecule has 0 radical (unpaired) electrons. The molecule has 1 aromatic heterocycles. The number of nitrogens with zero attached hydrogens (tertiary/aromatic N) is 2. The SMILES string of the molecule is Nc1ccc(Br)c(-c2nc(Cc3ccccc3Cl)no2)c1. The van der Waals surface area contributed by atoms with E-state index in [1.165, 1.54) is 0 Å². The number of nitrogen functional groups attached to an aromatic ring is 1. The Kier molecular flexibility index (Phi) is 3.94. The zero-order valence-electron chi connectivity index (χ0n) is 10.9. The Morgan fingerprint density at radius 2 is 2.00 bits per heavy atom. The Morgan fingerprint density at radius 1 is 1.19 bits per heavy atom. The highest BCUT2D eigenvalue weighted by Crippen LogP contribution is 2.29. The van der Waals surface area contributed by atoms with E-state index in [0.717, 1.165) is 15.6 Å². The molecule has 2 aromatic carbocycles. The van der Waals surface area contributed by atoms with Crippen molar-refractivity contribution >= 4 is 33.2 Å². The first kappa shape index (κ1) is 14.1. The molecule has 0 atom stereocenters. The van der Waals surface area contributed by atoms with Crippen molar-refractivity contribution in [2.75, 3.05) is 5.73 Å². The molecule has 0 fully saturated rings. The molecular formula is C15H11BrClN3O. The van der Waals surface area contributed by atoms with Crippen LogP contribution in [0.5, 0.6) is 0 Å². The molecule has 106 valence electrons. The second-order valence-corrected chi connectivity index (χ2v) is 5.78. The van der Waals surface area contributed by atoms with Gasteiger partial charge in [-0.1, -0.05) is 35.0 Å². The van der Waals surface area contributed by atoms with Crippen molar-refractivity contribution in [1.29, 1.82) is 0 Å². The third kappa shape index (κ3) is 3.09. The second-order valence-electron chi connectivity index (χ2n) is 4.52. The summed E-state index contributed by atoms with van der Waals surface area (Å²) in [6.07, 6.45) is 0.517. The highest BCUT2D eigenvalue weighted by molar-refractivity contribution is 9.10. The number of nitrogens with two attached hydrogens (primary N) is 1. The Morgan fingerprint density at radius 3 is 2.81 bits per heavy atom. The van der Waals surface area contributed by atoms with E-state index < -0.39 is 0 Å². The quantitative estimate of drug-likeness (QED) is 0.703. The molecule has 0 saturated heterocycles. The summed E-state index contributed by atoms with van der Waals surface area (Å²) in [5.41, 5.74) is 8.15. The van der Waals surface area contributed by atoms with Crippen LogP contribution in [0.3, 0.4) is 0 Å². The Balaban J connectivity index is 1.90. The standard InChI is InChI=1S/C15H11BrClN3O/c16-12-6-5-10(18)8-11(12)15-19-14(20-21-15)7-9-3-1-2-4-13(9)17/h1-6,8H,7,18H2. The maximum atomic E-state index is 6.13. The van der Waals surface area contributed by atoms with Gasteiger partial charge in [-0.3, -0.25) is 0 Å². The Hall–Kier alpha value is -1.85. The fourth-order valence-corrected chi connectivity index (χ4v) is 2.57. The molecule has 2 N–H and O–H groups in total. The first-order chi connectivity index (χ1) is 10.1. The van der Waals surface area contributed by atoms with Crippen LogP contribution in [0.4, 0.5) is 5.69 Å². The van der Waals surface area contributed by atoms with Gasteiger partial charge in [-0.05, 0) is 45.8 Å². The van der Waals surface area contributed by atoms with E-state index in [4.69, 9.17) is 21.9 Å². The van der Waals surface area contributed by atoms with Crippen LogP contribution in [-0.2, 0) is 6.42 Å². The van der Waals surface area contributed by atoms with E-state index in [0.29, 0.717) is 28.8 Å². The highest BCUT2D eigenvalue weighted by Gasteiger charge is 2.13. The summed E-state index contributed by atoms with van der Waals surface area (Å²) in [6, 6.07) is 13.0. The van der Waals surface area contributed by atoms with Crippen molar-refractivity contribution in [3.8, 4) is 11.5 Å². The number of benzene rings is 2. The molecule has 21 heavy (non-hydrogen) atoms. The topological polar surface area (TPSA) is 64.9 Å². The molecular weight excluding hydrogens is 354 g/mol. The zero-order valence-corrected chi connectivity index (χ0v) is 13.2. The molecule has 3 rings (SSSR count). The average molecular weight is 365 g/mol. The molecule has 0 saturated carbocycles. The molecule has 3 aromatic rings. The van der Waals surface area contributed by atoms with Gasteiger partial charge in [0.2, 0.25) is 0 Å². The van der Waals surface area contributed by atoms with Crippen LogP contribution in [0.15, 0.2) is 51.5 Å². The van der Waals surface area contributed by atoms with Gasteiger partial charge in [0.15, 0.2) is 5.82 Å². The molecule has 4 nitrogen and oxygen atoms in total. The van der Waals surface area contributed by atoms with Gasteiger partial charge in [0, 0.05) is 21.6 Å². The van der Waals surface area contributed by atoms with Gasteiger partial charge in [0.05, 0.1) is 5.56 Å². The number of rotatable bonds is 3. The van der Waals surface area contributed by atoms with Crippen molar-refractivity contribution in [1.82, 2.24) is 10.1 Å². The fourth-order valence-electron chi connectivity index (χ4n) is 1.95. The Labute approximate surface area is 135 Å².